The number of carboxylic acid groups (broad SMARTS) is 1. The van der Waals surface area contributed by atoms with Crippen molar-refractivity contribution in [2.45, 2.75) is 25.9 Å². The van der Waals surface area contributed by atoms with E-state index in [1.807, 2.05) is 29.8 Å². The van der Waals surface area contributed by atoms with Crippen LogP contribution in [-0.4, -0.2) is 32.6 Å². The van der Waals surface area contributed by atoms with Crippen molar-refractivity contribution in [3.05, 3.63) is 30.9 Å². The lowest BCUT2D eigenvalue weighted by atomic mass is 9.82. The van der Waals surface area contributed by atoms with Gasteiger partial charge in [-0.1, -0.05) is 12.2 Å². The Morgan fingerprint density at radius 1 is 1.38 bits per heavy atom. The number of hydrogen-bond donors (Lipinski definition) is 2. The molecule has 0 aliphatic heterocycles. The number of rotatable bonds is 5. The average Bonchev–Trinajstić information content (AvgIpc) is 3.13. The Morgan fingerprint density at radius 2 is 2.10 bits per heavy atom. The number of nitrogens with zero attached hydrogens (tertiary/aromatic N) is 2. The maximum absolute atomic E-state index is 12.5. The molecule has 0 spiro atoms. The quantitative estimate of drug-likeness (QED) is 0.789. The zero-order valence-corrected chi connectivity index (χ0v) is 11.8. The van der Waals surface area contributed by atoms with Gasteiger partial charge in [0.1, 0.15) is 0 Å². The number of hydrogen-bond acceptors (Lipinski definition) is 3. The fourth-order valence-corrected chi connectivity index (χ4v) is 3.61. The van der Waals surface area contributed by atoms with E-state index in [9.17, 15) is 14.7 Å². The lowest BCUT2D eigenvalue weighted by Gasteiger charge is -2.25. The molecular formula is C15H19N3O3. The molecule has 1 amide bonds. The van der Waals surface area contributed by atoms with Gasteiger partial charge in [-0.15, -0.1) is 0 Å². The number of allylic oxidation sites excluding steroid dienone is 2. The van der Waals surface area contributed by atoms with Gasteiger partial charge >= 0.3 is 5.97 Å². The molecule has 0 aromatic carbocycles. The van der Waals surface area contributed by atoms with Crippen LogP contribution in [0.5, 0.6) is 0 Å². The van der Waals surface area contributed by atoms with Crippen LogP contribution in [0.2, 0.25) is 0 Å². The minimum Gasteiger partial charge on any atom is -0.481 e. The third-order valence-corrected chi connectivity index (χ3v) is 4.48. The molecule has 3 rings (SSSR count). The highest BCUT2D eigenvalue weighted by atomic mass is 16.4. The first kappa shape index (κ1) is 13.9. The monoisotopic (exact) mass is 289 g/mol. The van der Waals surface area contributed by atoms with Crippen molar-refractivity contribution < 1.29 is 14.7 Å². The van der Waals surface area contributed by atoms with Gasteiger partial charge in [-0.3, -0.25) is 9.59 Å². The normalized spacial score (nSPS) is 31.3. The summed E-state index contributed by atoms with van der Waals surface area (Å²) in [6, 6.07) is -0.0655. The predicted molar refractivity (Wildman–Crippen MR) is 75.2 cm³/mol. The van der Waals surface area contributed by atoms with Crippen LogP contribution in [0.25, 0.3) is 0 Å². The number of fused-ring (bicyclic) bond motifs is 2. The summed E-state index contributed by atoms with van der Waals surface area (Å²) in [5.74, 6) is -1.96. The Hall–Kier alpha value is -2.11. The Labute approximate surface area is 122 Å². The molecule has 2 N–H and O–H groups in total. The van der Waals surface area contributed by atoms with E-state index in [1.165, 1.54) is 0 Å². The van der Waals surface area contributed by atoms with E-state index in [0.717, 1.165) is 6.42 Å². The number of carbonyl (C=O) groups is 2. The molecule has 6 nitrogen and oxygen atoms in total. The molecule has 1 aromatic heterocycles. The average molecular weight is 289 g/mol. The van der Waals surface area contributed by atoms with E-state index in [0.29, 0.717) is 6.54 Å². The molecule has 5 unspecified atom stereocenters. The molecule has 1 fully saturated rings. The molecule has 1 saturated carbocycles. The van der Waals surface area contributed by atoms with Gasteiger partial charge in [0.05, 0.1) is 18.2 Å². The maximum Gasteiger partial charge on any atom is 0.307 e. The first-order valence-electron chi connectivity index (χ1n) is 7.23. The van der Waals surface area contributed by atoms with E-state index >= 15 is 0 Å². The van der Waals surface area contributed by atoms with Crippen molar-refractivity contribution in [3.63, 3.8) is 0 Å². The van der Waals surface area contributed by atoms with Crippen LogP contribution in [-0.2, 0) is 16.1 Å². The van der Waals surface area contributed by atoms with Crippen LogP contribution >= 0.6 is 0 Å². The van der Waals surface area contributed by atoms with Gasteiger partial charge in [0.2, 0.25) is 5.91 Å². The van der Waals surface area contributed by atoms with Crippen molar-refractivity contribution in [2.24, 2.45) is 23.7 Å². The summed E-state index contributed by atoms with van der Waals surface area (Å²) >= 11 is 0. The highest BCUT2D eigenvalue weighted by molar-refractivity contribution is 5.87. The summed E-state index contributed by atoms with van der Waals surface area (Å²) in [6.07, 6.45) is 9.95. The van der Waals surface area contributed by atoms with Crippen LogP contribution in [0.3, 0.4) is 0 Å². The molecule has 21 heavy (non-hydrogen) atoms. The van der Waals surface area contributed by atoms with Crippen molar-refractivity contribution >= 4 is 11.9 Å². The zero-order valence-electron chi connectivity index (χ0n) is 11.8. The standard InChI is InChI=1S/C15H19N3O3/c1-9(7-18-5-4-16-8-18)17-14(19)12-10-2-3-11(6-10)13(12)15(20)21/h2-5,8-13H,6-7H2,1H3,(H,17,19)(H,20,21). The summed E-state index contributed by atoms with van der Waals surface area (Å²) in [5.41, 5.74) is 0. The van der Waals surface area contributed by atoms with E-state index in [-0.39, 0.29) is 23.8 Å². The lowest BCUT2D eigenvalue weighted by molar-refractivity contribution is -0.148. The van der Waals surface area contributed by atoms with E-state index in [1.54, 1.807) is 12.5 Å². The Bertz CT molecular complexity index is 567. The molecule has 6 heteroatoms. The second kappa shape index (κ2) is 5.35. The largest absolute Gasteiger partial charge is 0.481 e. The number of amides is 1. The molecule has 5 atom stereocenters. The Morgan fingerprint density at radius 3 is 2.71 bits per heavy atom. The zero-order chi connectivity index (χ0) is 15.0. The molecule has 0 radical (unpaired) electrons. The first-order valence-corrected chi connectivity index (χ1v) is 7.23. The number of nitrogens with one attached hydrogen (secondary N) is 1. The van der Waals surface area contributed by atoms with Gasteiger partial charge in [-0.25, -0.2) is 4.98 Å². The fourth-order valence-electron chi connectivity index (χ4n) is 3.61. The van der Waals surface area contributed by atoms with E-state index in [4.69, 9.17) is 0 Å². The van der Waals surface area contributed by atoms with E-state index < -0.39 is 17.8 Å². The van der Waals surface area contributed by atoms with Gasteiger partial charge in [0, 0.05) is 25.0 Å². The highest BCUT2D eigenvalue weighted by Gasteiger charge is 2.51. The van der Waals surface area contributed by atoms with Gasteiger partial charge in [-0.05, 0) is 25.2 Å². The predicted octanol–water partition coefficient (Wildman–Crippen LogP) is 0.911. The molecule has 2 aliphatic rings. The molecular weight excluding hydrogens is 270 g/mol. The minimum absolute atomic E-state index is 0.00667. The summed E-state index contributed by atoms with van der Waals surface area (Å²) in [6.45, 7) is 2.54. The SMILES string of the molecule is CC(Cn1ccnc1)NC(=O)C1C2C=CC(C2)C1C(=O)O. The molecule has 112 valence electrons. The van der Waals surface area contributed by atoms with Crippen molar-refractivity contribution in [1.29, 1.82) is 0 Å². The summed E-state index contributed by atoms with van der Waals surface area (Å²) < 4.78 is 1.89. The van der Waals surface area contributed by atoms with Gasteiger partial charge in [0.25, 0.3) is 0 Å². The lowest BCUT2D eigenvalue weighted by Crippen LogP contribution is -2.44. The molecule has 2 bridgehead atoms. The van der Waals surface area contributed by atoms with Crippen LogP contribution < -0.4 is 5.32 Å². The smallest absolute Gasteiger partial charge is 0.307 e. The van der Waals surface area contributed by atoms with Crippen molar-refractivity contribution in [1.82, 2.24) is 14.9 Å². The summed E-state index contributed by atoms with van der Waals surface area (Å²) in [5, 5.41) is 12.3. The second-order valence-corrected chi connectivity index (χ2v) is 6.01. The van der Waals surface area contributed by atoms with Gasteiger partial charge in [-0.2, -0.15) is 0 Å². The maximum atomic E-state index is 12.5. The highest BCUT2D eigenvalue weighted by Crippen LogP contribution is 2.48. The van der Waals surface area contributed by atoms with Gasteiger partial charge in [0.15, 0.2) is 0 Å². The summed E-state index contributed by atoms with van der Waals surface area (Å²) in [4.78, 5) is 27.8. The van der Waals surface area contributed by atoms with Crippen LogP contribution in [0.1, 0.15) is 13.3 Å². The van der Waals surface area contributed by atoms with Gasteiger partial charge < -0.3 is 15.0 Å². The topological polar surface area (TPSA) is 84.2 Å². The van der Waals surface area contributed by atoms with Crippen LogP contribution in [0.4, 0.5) is 0 Å². The van der Waals surface area contributed by atoms with Crippen molar-refractivity contribution in [2.75, 3.05) is 0 Å². The molecule has 1 heterocycles. The molecule has 0 saturated heterocycles. The Balaban J connectivity index is 1.64. The summed E-state index contributed by atoms with van der Waals surface area (Å²) in [7, 11) is 0. The van der Waals surface area contributed by atoms with Crippen LogP contribution in [0, 0.1) is 23.7 Å². The number of aliphatic carboxylic acids is 1. The Kier molecular flexibility index (Phi) is 3.53. The number of carboxylic acids is 1. The molecule has 1 aromatic rings. The van der Waals surface area contributed by atoms with Crippen LogP contribution in [0.15, 0.2) is 30.9 Å². The van der Waals surface area contributed by atoms with E-state index in [2.05, 4.69) is 10.3 Å². The third-order valence-electron chi connectivity index (χ3n) is 4.48. The first-order chi connectivity index (χ1) is 10.1. The fraction of sp³-hybridized carbons (Fsp3) is 0.533. The van der Waals surface area contributed by atoms with Crippen molar-refractivity contribution in [3.8, 4) is 0 Å². The number of aromatic nitrogens is 2. The number of carbonyl (C=O) groups excluding carboxylic acids is 1. The number of imidazole rings is 1. The second-order valence-electron chi connectivity index (χ2n) is 6.01. The molecule has 2 aliphatic carbocycles. The third kappa shape index (κ3) is 2.57. The minimum atomic E-state index is -0.866.